The van der Waals surface area contributed by atoms with E-state index in [1.807, 2.05) is 17.5 Å². The van der Waals surface area contributed by atoms with Crippen molar-refractivity contribution in [2.45, 2.75) is 6.54 Å². The summed E-state index contributed by atoms with van der Waals surface area (Å²) in [6.45, 7) is 0.310. The molecule has 0 fully saturated rings. The zero-order valence-electron chi connectivity index (χ0n) is 10.5. The van der Waals surface area contributed by atoms with Gasteiger partial charge in [-0.25, -0.2) is 14.5 Å². The lowest BCUT2D eigenvalue weighted by atomic mass is 10.2. The van der Waals surface area contributed by atoms with Crippen LogP contribution in [-0.4, -0.2) is 40.8 Å². The van der Waals surface area contributed by atoms with E-state index >= 15 is 0 Å². The second kappa shape index (κ2) is 4.85. The molecule has 0 aliphatic heterocycles. The maximum atomic E-state index is 11.3. The van der Waals surface area contributed by atoms with Gasteiger partial charge in [0.2, 0.25) is 0 Å². The van der Waals surface area contributed by atoms with E-state index in [9.17, 15) is 9.90 Å². The number of carboxylic acids is 1. The van der Waals surface area contributed by atoms with E-state index in [4.69, 9.17) is 0 Å². The monoisotopic (exact) mass is 290 g/mol. The number of thiophene rings is 1. The van der Waals surface area contributed by atoms with Crippen molar-refractivity contribution in [3.8, 4) is 10.6 Å². The zero-order chi connectivity index (χ0) is 14.1. The van der Waals surface area contributed by atoms with Crippen LogP contribution in [0, 0.1) is 0 Å². The second-order valence-corrected chi connectivity index (χ2v) is 4.97. The minimum absolute atomic E-state index is 0.0605. The van der Waals surface area contributed by atoms with Crippen molar-refractivity contribution in [3.63, 3.8) is 0 Å². The molecule has 0 atom stereocenters. The fraction of sp³-hybridized carbons (Fsp3) is 0.182. The summed E-state index contributed by atoms with van der Waals surface area (Å²) in [5, 5.41) is 22.7. The molecule has 9 heteroatoms. The van der Waals surface area contributed by atoms with E-state index in [0.29, 0.717) is 18.1 Å². The van der Waals surface area contributed by atoms with Crippen molar-refractivity contribution in [2.24, 2.45) is 7.05 Å². The van der Waals surface area contributed by atoms with Crippen LogP contribution in [0.1, 0.15) is 16.3 Å². The van der Waals surface area contributed by atoms with E-state index in [-0.39, 0.29) is 5.69 Å². The van der Waals surface area contributed by atoms with Crippen molar-refractivity contribution in [1.82, 2.24) is 29.8 Å². The van der Waals surface area contributed by atoms with Gasteiger partial charge in [0.05, 0.1) is 4.88 Å². The van der Waals surface area contributed by atoms with Crippen LogP contribution in [0.4, 0.5) is 0 Å². The molecule has 3 rings (SSSR count). The number of hydrogen-bond acceptors (Lipinski definition) is 6. The Morgan fingerprint density at radius 2 is 2.35 bits per heavy atom. The van der Waals surface area contributed by atoms with Gasteiger partial charge < -0.3 is 5.11 Å². The van der Waals surface area contributed by atoms with Gasteiger partial charge in [0, 0.05) is 7.05 Å². The van der Waals surface area contributed by atoms with Crippen molar-refractivity contribution in [1.29, 1.82) is 0 Å². The Morgan fingerprint density at radius 3 is 2.95 bits per heavy atom. The molecule has 0 spiro atoms. The molecule has 0 aromatic carbocycles. The Kier molecular flexibility index (Phi) is 3.03. The van der Waals surface area contributed by atoms with Crippen LogP contribution in [0.15, 0.2) is 23.8 Å². The van der Waals surface area contributed by atoms with Crippen LogP contribution in [-0.2, 0) is 13.6 Å². The summed E-state index contributed by atoms with van der Waals surface area (Å²) < 4.78 is 3.14. The maximum Gasteiger partial charge on any atom is 0.358 e. The number of aryl methyl sites for hydroxylation is 1. The van der Waals surface area contributed by atoms with Crippen LogP contribution in [0.5, 0.6) is 0 Å². The molecule has 0 bridgehead atoms. The Hall–Kier alpha value is -2.55. The molecule has 1 N–H and O–H groups in total. The largest absolute Gasteiger partial charge is 0.476 e. The fourth-order valence-electron chi connectivity index (χ4n) is 1.82. The molecular formula is C11H10N6O2S. The predicted octanol–water partition coefficient (Wildman–Crippen LogP) is 0.882. The van der Waals surface area contributed by atoms with Crippen LogP contribution < -0.4 is 0 Å². The normalized spacial score (nSPS) is 10.8. The minimum Gasteiger partial charge on any atom is -0.476 e. The first kappa shape index (κ1) is 12.5. The summed E-state index contributed by atoms with van der Waals surface area (Å²) in [7, 11) is 1.77. The van der Waals surface area contributed by atoms with Crippen LogP contribution in [0.25, 0.3) is 10.6 Å². The maximum absolute atomic E-state index is 11.3. The van der Waals surface area contributed by atoms with Crippen LogP contribution in [0.3, 0.4) is 0 Å². The van der Waals surface area contributed by atoms with Crippen molar-refractivity contribution in [3.05, 3.63) is 35.4 Å². The van der Waals surface area contributed by atoms with Crippen LogP contribution in [0.2, 0.25) is 0 Å². The van der Waals surface area contributed by atoms with Gasteiger partial charge in [0.25, 0.3) is 0 Å². The molecule has 0 aliphatic carbocycles. The first-order chi connectivity index (χ1) is 9.66. The average molecular weight is 290 g/mol. The standard InChI is InChI=1S/C11H10N6O2S/c1-16-8(12-6-13-16)5-17-10(7-3-2-4-20-7)9(11(18)19)14-15-17/h2-4,6H,5H2,1H3,(H,18,19). The van der Waals surface area contributed by atoms with E-state index in [1.54, 1.807) is 11.7 Å². The highest BCUT2D eigenvalue weighted by Crippen LogP contribution is 2.27. The number of rotatable bonds is 4. The van der Waals surface area contributed by atoms with Gasteiger partial charge in [-0.1, -0.05) is 11.3 Å². The van der Waals surface area contributed by atoms with Crippen molar-refractivity contribution >= 4 is 17.3 Å². The molecule has 8 nitrogen and oxygen atoms in total. The Bertz CT molecular complexity index is 745. The minimum atomic E-state index is -1.10. The first-order valence-corrected chi connectivity index (χ1v) is 6.58. The van der Waals surface area contributed by atoms with Crippen LogP contribution >= 0.6 is 11.3 Å². The summed E-state index contributed by atoms with van der Waals surface area (Å²) >= 11 is 1.44. The second-order valence-electron chi connectivity index (χ2n) is 4.03. The Balaban J connectivity index is 2.08. The Morgan fingerprint density at radius 1 is 1.50 bits per heavy atom. The third kappa shape index (κ3) is 2.07. The average Bonchev–Trinajstić information content (AvgIpc) is 3.11. The van der Waals surface area contributed by atoms with E-state index in [0.717, 1.165) is 4.88 Å². The van der Waals surface area contributed by atoms with Gasteiger partial charge in [-0.05, 0) is 11.4 Å². The summed E-state index contributed by atoms with van der Waals surface area (Å²) in [6, 6.07) is 3.69. The topological polar surface area (TPSA) is 98.7 Å². The SMILES string of the molecule is Cn1ncnc1Cn1nnc(C(=O)O)c1-c1cccs1. The van der Waals surface area contributed by atoms with Gasteiger partial charge in [-0.15, -0.1) is 16.4 Å². The van der Waals surface area contributed by atoms with Gasteiger partial charge in [0.1, 0.15) is 24.4 Å². The molecule has 20 heavy (non-hydrogen) atoms. The molecule has 102 valence electrons. The van der Waals surface area contributed by atoms with Gasteiger partial charge in [0.15, 0.2) is 5.69 Å². The van der Waals surface area contributed by atoms with Gasteiger partial charge >= 0.3 is 5.97 Å². The smallest absolute Gasteiger partial charge is 0.358 e. The van der Waals surface area contributed by atoms with Crippen molar-refractivity contribution < 1.29 is 9.90 Å². The molecular weight excluding hydrogens is 280 g/mol. The number of hydrogen-bond donors (Lipinski definition) is 1. The zero-order valence-corrected chi connectivity index (χ0v) is 11.3. The summed E-state index contributed by atoms with van der Waals surface area (Å²) in [5.74, 6) is -0.428. The van der Waals surface area contributed by atoms with E-state index < -0.39 is 5.97 Å². The van der Waals surface area contributed by atoms with E-state index in [2.05, 4.69) is 20.4 Å². The highest BCUT2D eigenvalue weighted by molar-refractivity contribution is 7.13. The third-order valence-corrected chi connectivity index (χ3v) is 3.67. The predicted molar refractivity (Wildman–Crippen MR) is 70.4 cm³/mol. The van der Waals surface area contributed by atoms with Gasteiger partial charge in [-0.3, -0.25) is 4.68 Å². The van der Waals surface area contributed by atoms with Gasteiger partial charge in [-0.2, -0.15) is 5.10 Å². The number of aromatic carboxylic acids is 1. The summed E-state index contributed by atoms with van der Waals surface area (Å²) in [6.07, 6.45) is 1.44. The number of carboxylic acid groups (broad SMARTS) is 1. The molecule has 3 aromatic rings. The Labute approximate surface area is 117 Å². The molecule has 0 unspecified atom stereocenters. The van der Waals surface area contributed by atoms with E-state index in [1.165, 1.54) is 22.3 Å². The first-order valence-electron chi connectivity index (χ1n) is 5.70. The highest BCUT2D eigenvalue weighted by atomic mass is 32.1. The number of carbonyl (C=O) groups is 1. The third-order valence-electron chi connectivity index (χ3n) is 2.79. The molecule has 0 saturated carbocycles. The highest BCUT2D eigenvalue weighted by Gasteiger charge is 2.22. The number of aromatic nitrogens is 6. The molecule has 0 aliphatic rings. The van der Waals surface area contributed by atoms with Crippen molar-refractivity contribution in [2.75, 3.05) is 0 Å². The molecule has 0 radical (unpaired) electrons. The number of nitrogens with zero attached hydrogens (tertiary/aromatic N) is 6. The molecule has 0 saturated heterocycles. The molecule has 3 heterocycles. The lowest BCUT2D eigenvalue weighted by molar-refractivity contribution is 0.0691. The quantitative estimate of drug-likeness (QED) is 0.766. The lowest BCUT2D eigenvalue weighted by Gasteiger charge is -2.04. The lowest BCUT2D eigenvalue weighted by Crippen LogP contribution is -2.10. The summed E-state index contributed by atoms with van der Waals surface area (Å²) in [5.41, 5.74) is 0.421. The molecule has 0 amide bonds. The molecule has 3 aromatic heterocycles. The fourth-order valence-corrected chi connectivity index (χ4v) is 2.60. The summed E-state index contributed by atoms with van der Waals surface area (Å²) in [4.78, 5) is 16.2.